The van der Waals surface area contributed by atoms with Gasteiger partial charge in [0, 0.05) is 6.61 Å². The van der Waals surface area contributed by atoms with Gasteiger partial charge in [0.15, 0.2) is 12.3 Å². The summed E-state index contributed by atoms with van der Waals surface area (Å²) in [5.74, 6) is 0. The number of ether oxygens (including phenoxy) is 1. The molecular weight excluding hydrogens is 405 g/mol. The van der Waals surface area contributed by atoms with Crippen LogP contribution in [0.4, 0.5) is 0 Å². The summed E-state index contributed by atoms with van der Waals surface area (Å²) in [6.45, 7) is 5.90. The zero-order chi connectivity index (χ0) is 23.4. The normalized spacial score (nSPS) is 14.6. The first kappa shape index (κ1) is 31.0. The van der Waals surface area contributed by atoms with E-state index in [-0.39, 0.29) is 6.10 Å². The summed E-state index contributed by atoms with van der Waals surface area (Å²) in [5, 5.41) is 10.4. The van der Waals surface area contributed by atoms with Gasteiger partial charge in [-0.3, -0.25) is 0 Å². The van der Waals surface area contributed by atoms with E-state index in [9.17, 15) is 9.67 Å². The molecule has 0 aliphatic heterocycles. The Kier molecular flexibility index (Phi) is 20.6. The highest BCUT2D eigenvalue weighted by molar-refractivity contribution is 7.44. The van der Waals surface area contributed by atoms with Gasteiger partial charge in [-0.2, -0.15) is 0 Å². The zero-order valence-electron chi connectivity index (χ0n) is 21.7. The molecule has 0 aromatic heterocycles. The summed E-state index contributed by atoms with van der Waals surface area (Å²) >= 11 is 0. The van der Waals surface area contributed by atoms with Gasteiger partial charge in [-0.05, 0) is 12.8 Å². The fourth-order valence-electron chi connectivity index (χ4n) is 3.86. The number of aliphatic hydroxyl groups is 1. The van der Waals surface area contributed by atoms with Crippen LogP contribution < -0.4 is 0 Å². The van der Waals surface area contributed by atoms with Crippen molar-refractivity contribution >= 4 is 7.80 Å². The van der Waals surface area contributed by atoms with Gasteiger partial charge in [0.1, 0.15) is 12.6 Å². The molecule has 1 unspecified atom stereocenters. The fourth-order valence-corrected chi connectivity index (χ4v) is 5.52. The number of hydrogen-bond acceptors (Lipinski definition) is 3. The predicted octanol–water partition coefficient (Wildman–Crippen LogP) is 7.16. The Bertz CT molecular complexity index is 412. The largest absolute Gasteiger partial charge is 0.386 e. The van der Waals surface area contributed by atoms with Crippen molar-refractivity contribution in [2.45, 2.75) is 122 Å². The molecule has 0 aromatic rings. The zero-order valence-corrected chi connectivity index (χ0v) is 22.6. The molecule has 3 atom stereocenters. The molecule has 0 amide bonds. The van der Waals surface area contributed by atoms with Crippen molar-refractivity contribution in [3.8, 4) is 0 Å². The highest BCUT2D eigenvalue weighted by Crippen LogP contribution is 2.24. The highest BCUT2D eigenvalue weighted by Gasteiger charge is 2.29. The molecule has 0 aromatic carbocycles. The van der Waals surface area contributed by atoms with Gasteiger partial charge in [0.2, 0.25) is 0 Å². The molecule has 1 N–H and O–H groups in total. The van der Waals surface area contributed by atoms with E-state index in [1.165, 1.54) is 83.5 Å². The third-order valence-corrected chi connectivity index (χ3v) is 7.55. The van der Waals surface area contributed by atoms with Crippen LogP contribution in [0.3, 0.4) is 0 Å². The van der Waals surface area contributed by atoms with Crippen LogP contribution in [0.1, 0.15) is 110 Å². The van der Waals surface area contributed by atoms with Crippen LogP contribution in [0.15, 0.2) is 0 Å². The van der Waals surface area contributed by atoms with Gasteiger partial charge in [-0.15, -0.1) is 0 Å². The smallest absolute Gasteiger partial charge is 0.347 e. The predicted molar refractivity (Wildman–Crippen MR) is 137 cm³/mol. The van der Waals surface area contributed by atoms with E-state index < -0.39 is 13.9 Å². The number of nitrogens with zero attached hydrogens (tertiary/aromatic N) is 1. The minimum atomic E-state index is -1.36. The number of quaternary nitrogens is 1. The Morgan fingerprint density at radius 2 is 1.23 bits per heavy atom. The highest BCUT2D eigenvalue weighted by atomic mass is 31.1. The van der Waals surface area contributed by atoms with Crippen LogP contribution in [0.25, 0.3) is 0 Å². The van der Waals surface area contributed by atoms with E-state index in [0.717, 1.165) is 23.9 Å². The van der Waals surface area contributed by atoms with Gasteiger partial charge in [-0.1, -0.05) is 102 Å². The Morgan fingerprint density at radius 1 is 0.774 bits per heavy atom. The van der Waals surface area contributed by atoms with Crippen LogP contribution >= 0.6 is 7.80 Å². The van der Waals surface area contributed by atoms with Crippen molar-refractivity contribution in [3.63, 3.8) is 0 Å². The van der Waals surface area contributed by atoms with Gasteiger partial charge >= 0.3 is 7.80 Å². The standard InChI is InChI=1S/C26H56NO3P/c1-6-8-9-10-11-12-13-14-15-16-17-18-19-20-22-30-26(7-2)25(28)24-31(29)23-21-27(3,4)5/h25-26,28H,6-24H2,1-5H3/q+2/t25-,26+/m1/s1. The lowest BCUT2D eigenvalue weighted by molar-refractivity contribution is -0.867. The first-order chi connectivity index (χ1) is 14.8. The average molecular weight is 462 g/mol. The molecule has 186 valence electrons. The van der Waals surface area contributed by atoms with Crippen molar-refractivity contribution in [2.75, 3.05) is 46.6 Å². The maximum absolute atomic E-state index is 12.3. The van der Waals surface area contributed by atoms with Gasteiger partial charge in [0.05, 0.1) is 27.2 Å². The molecule has 0 rings (SSSR count). The molecule has 0 heterocycles. The van der Waals surface area contributed by atoms with Crippen molar-refractivity contribution in [1.82, 2.24) is 0 Å². The van der Waals surface area contributed by atoms with Crippen LogP contribution in [-0.4, -0.2) is 68.4 Å². The van der Waals surface area contributed by atoms with Crippen LogP contribution in [0, 0.1) is 0 Å². The number of hydrogen-bond donors (Lipinski definition) is 1. The van der Waals surface area contributed by atoms with E-state index in [1.54, 1.807) is 0 Å². The number of aliphatic hydroxyl groups excluding tert-OH is 1. The second-order valence-electron chi connectivity index (χ2n) is 10.4. The van der Waals surface area contributed by atoms with Crippen molar-refractivity contribution in [3.05, 3.63) is 0 Å². The third-order valence-electron chi connectivity index (χ3n) is 6.07. The van der Waals surface area contributed by atoms with Crippen LogP contribution in [0.2, 0.25) is 0 Å². The second-order valence-corrected chi connectivity index (χ2v) is 12.2. The minimum Gasteiger partial charge on any atom is -0.386 e. The van der Waals surface area contributed by atoms with Gasteiger partial charge < -0.3 is 14.3 Å². The van der Waals surface area contributed by atoms with E-state index in [4.69, 9.17) is 4.74 Å². The molecule has 0 aliphatic carbocycles. The topological polar surface area (TPSA) is 46.5 Å². The van der Waals surface area contributed by atoms with Gasteiger partial charge in [0.25, 0.3) is 0 Å². The fraction of sp³-hybridized carbons (Fsp3) is 1.00. The van der Waals surface area contributed by atoms with E-state index >= 15 is 0 Å². The summed E-state index contributed by atoms with van der Waals surface area (Å²) in [4.78, 5) is 0. The summed E-state index contributed by atoms with van der Waals surface area (Å²) in [6.07, 6.45) is 20.0. The Labute approximate surface area is 195 Å². The van der Waals surface area contributed by atoms with Crippen molar-refractivity contribution < 1.29 is 18.9 Å². The van der Waals surface area contributed by atoms with E-state index in [0.29, 0.717) is 18.9 Å². The first-order valence-corrected chi connectivity index (χ1v) is 14.9. The molecule has 5 heteroatoms. The van der Waals surface area contributed by atoms with E-state index in [2.05, 4.69) is 28.1 Å². The van der Waals surface area contributed by atoms with Crippen LogP contribution in [-0.2, 0) is 9.30 Å². The Hall–Kier alpha value is -0.0200. The Morgan fingerprint density at radius 3 is 1.65 bits per heavy atom. The lowest BCUT2D eigenvalue weighted by atomic mass is 10.0. The second kappa shape index (κ2) is 20.6. The number of rotatable bonds is 23. The minimum absolute atomic E-state index is 0.176. The van der Waals surface area contributed by atoms with E-state index in [1.807, 2.05) is 6.92 Å². The summed E-state index contributed by atoms with van der Waals surface area (Å²) in [6, 6.07) is 0. The van der Waals surface area contributed by atoms with Crippen molar-refractivity contribution in [2.24, 2.45) is 0 Å². The van der Waals surface area contributed by atoms with Gasteiger partial charge in [-0.25, -0.2) is 0 Å². The summed E-state index contributed by atoms with van der Waals surface area (Å²) < 4.78 is 19.0. The molecule has 0 fully saturated rings. The molecule has 0 saturated heterocycles. The quantitative estimate of drug-likeness (QED) is 0.0997. The van der Waals surface area contributed by atoms with Crippen molar-refractivity contribution in [1.29, 1.82) is 0 Å². The molecule has 0 bridgehead atoms. The molecule has 0 spiro atoms. The molecule has 0 radical (unpaired) electrons. The maximum atomic E-state index is 12.3. The SMILES string of the molecule is CCCCCCCCCCCCCCCCO[C@@H](CC)[C@H](O)C[P+](=O)CC[N+](C)(C)C. The Balaban J connectivity index is 3.57. The lowest BCUT2D eigenvalue weighted by Crippen LogP contribution is -2.37. The average Bonchev–Trinajstić information content (AvgIpc) is 2.71. The monoisotopic (exact) mass is 461 g/mol. The summed E-state index contributed by atoms with van der Waals surface area (Å²) in [5.41, 5.74) is 0. The summed E-state index contributed by atoms with van der Waals surface area (Å²) in [7, 11) is 4.96. The molecule has 0 aliphatic rings. The number of unbranched alkanes of at least 4 members (excludes halogenated alkanes) is 13. The molecule has 4 nitrogen and oxygen atoms in total. The lowest BCUT2D eigenvalue weighted by Gasteiger charge is -2.22. The molecular formula is C26H56NO3P+2. The maximum Gasteiger partial charge on any atom is 0.347 e. The third kappa shape index (κ3) is 21.6. The first-order valence-electron chi connectivity index (χ1n) is 13.3. The molecule has 31 heavy (non-hydrogen) atoms. The molecule has 0 saturated carbocycles. The van der Waals surface area contributed by atoms with Crippen LogP contribution in [0.5, 0.6) is 0 Å².